The van der Waals surface area contributed by atoms with Crippen LogP contribution in [0.15, 0.2) is 24.4 Å². The van der Waals surface area contributed by atoms with E-state index in [9.17, 15) is 4.79 Å². The molecule has 0 unspecified atom stereocenters. The molecule has 2 heterocycles. The van der Waals surface area contributed by atoms with Crippen LogP contribution in [-0.2, 0) is 11.2 Å². The third kappa shape index (κ3) is 2.80. The number of aromatic nitrogens is 1. The number of likely N-dealkylation sites (tertiary alicyclic amines) is 1. The van der Waals surface area contributed by atoms with Gasteiger partial charge in [0, 0.05) is 42.0 Å². The van der Waals surface area contributed by atoms with Gasteiger partial charge in [0.2, 0.25) is 0 Å². The number of fused-ring (bicyclic) bond motifs is 2. The van der Waals surface area contributed by atoms with Gasteiger partial charge in [-0.1, -0.05) is 19.1 Å². The normalized spacial score (nSPS) is 26.5. The van der Waals surface area contributed by atoms with Gasteiger partial charge in [-0.3, -0.25) is 4.79 Å². The smallest absolute Gasteiger partial charge is 0.142 e. The largest absolute Gasteiger partial charge is 0.361 e. The van der Waals surface area contributed by atoms with Crippen LogP contribution < -0.4 is 0 Å². The second-order valence-electron chi connectivity index (χ2n) is 7.41. The van der Waals surface area contributed by atoms with Crippen LogP contribution in [0, 0.1) is 5.92 Å². The number of thioether (sulfide) groups is 1. The Morgan fingerprint density at radius 2 is 2.29 bits per heavy atom. The molecule has 1 aliphatic heterocycles. The third-order valence-corrected chi connectivity index (χ3v) is 7.06. The Balaban J connectivity index is 1.54. The summed E-state index contributed by atoms with van der Waals surface area (Å²) in [5, 5.41) is 1.47. The Kier molecular flexibility index (Phi) is 4.44. The Hall–Kier alpha value is -1.26. The molecular formula is C20H26N2OS. The molecule has 0 radical (unpaired) electrons. The summed E-state index contributed by atoms with van der Waals surface area (Å²) in [6, 6.07) is 7.34. The zero-order valence-electron chi connectivity index (χ0n) is 14.5. The van der Waals surface area contributed by atoms with E-state index >= 15 is 0 Å². The monoisotopic (exact) mass is 342 g/mol. The van der Waals surface area contributed by atoms with Crippen molar-refractivity contribution in [2.24, 2.45) is 5.92 Å². The molecule has 2 aliphatic rings. The maximum Gasteiger partial charge on any atom is 0.142 e. The summed E-state index contributed by atoms with van der Waals surface area (Å²) in [6.45, 7) is 3.11. The first-order valence-electron chi connectivity index (χ1n) is 9.06. The third-order valence-electron chi connectivity index (χ3n) is 5.82. The average molecular weight is 343 g/mol. The van der Waals surface area contributed by atoms with Crippen LogP contribution in [0.4, 0.5) is 0 Å². The summed E-state index contributed by atoms with van der Waals surface area (Å²) in [5.74, 6) is 3.48. The molecule has 2 aromatic rings. The van der Waals surface area contributed by atoms with Crippen LogP contribution in [0.3, 0.4) is 0 Å². The lowest BCUT2D eigenvalue weighted by molar-refractivity contribution is -0.116. The molecule has 128 valence electrons. The molecule has 1 aromatic carbocycles. The maximum absolute atomic E-state index is 11.5. The van der Waals surface area contributed by atoms with Crippen molar-refractivity contribution >= 4 is 28.4 Å². The molecule has 4 heteroatoms. The number of hydrogen-bond acceptors (Lipinski definition) is 3. The van der Waals surface area contributed by atoms with E-state index in [1.54, 1.807) is 0 Å². The number of nitrogens with zero attached hydrogens (tertiary/aromatic N) is 1. The minimum atomic E-state index is 0.376. The second-order valence-corrected chi connectivity index (χ2v) is 8.44. The quantitative estimate of drug-likeness (QED) is 0.897. The highest BCUT2D eigenvalue weighted by molar-refractivity contribution is 7.99. The minimum Gasteiger partial charge on any atom is -0.361 e. The lowest BCUT2D eigenvalue weighted by Gasteiger charge is -2.45. The number of H-pyrrole nitrogens is 1. The van der Waals surface area contributed by atoms with Crippen LogP contribution in [0.1, 0.15) is 36.8 Å². The topological polar surface area (TPSA) is 36.1 Å². The van der Waals surface area contributed by atoms with Crippen molar-refractivity contribution in [3.05, 3.63) is 35.5 Å². The molecule has 3 nitrogen and oxygen atoms in total. The lowest BCUT2D eigenvalue weighted by atomic mass is 9.73. The number of carbonyl (C=O) groups excluding carboxylic acids is 1. The summed E-state index contributed by atoms with van der Waals surface area (Å²) < 4.78 is 0. The van der Waals surface area contributed by atoms with Crippen LogP contribution in [0.25, 0.3) is 10.9 Å². The van der Waals surface area contributed by atoms with E-state index in [0.717, 1.165) is 18.7 Å². The molecule has 24 heavy (non-hydrogen) atoms. The van der Waals surface area contributed by atoms with E-state index in [1.807, 2.05) is 18.7 Å². The highest BCUT2D eigenvalue weighted by atomic mass is 32.2. The van der Waals surface area contributed by atoms with Gasteiger partial charge in [-0.05, 0) is 48.8 Å². The minimum absolute atomic E-state index is 0.376. The second kappa shape index (κ2) is 6.57. The van der Waals surface area contributed by atoms with Crippen molar-refractivity contribution in [1.82, 2.24) is 9.88 Å². The van der Waals surface area contributed by atoms with Gasteiger partial charge in [-0.25, -0.2) is 0 Å². The van der Waals surface area contributed by atoms with Crippen LogP contribution >= 0.6 is 11.8 Å². The van der Waals surface area contributed by atoms with E-state index in [-0.39, 0.29) is 0 Å². The van der Waals surface area contributed by atoms with E-state index in [4.69, 9.17) is 0 Å². The predicted molar refractivity (Wildman–Crippen MR) is 102 cm³/mol. The first-order chi connectivity index (χ1) is 11.7. The molecule has 0 saturated carbocycles. The molecule has 3 atom stereocenters. The van der Waals surface area contributed by atoms with E-state index < -0.39 is 0 Å². The van der Waals surface area contributed by atoms with Crippen molar-refractivity contribution in [3.63, 3.8) is 0 Å². The molecule has 1 aromatic heterocycles. The lowest BCUT2D eigenvalue weighted by Crippen LogP contribution is -2.48. The van der Waals surface area contributed by atoms with Gasteiger partial charge in [0.15, 0.2) is 0 Å². The summed E-state index contributed by atoms with van der Waals surface area (Å²) in [7, 11) is 2.28. The van der Waals surface area contributed by atoms with Gasteiger partial charge >= 0.3 is 0 Å². The molecule has 1 saturated heterocycles. The summed E-state index contributed by atoms with van der Waals surface area (Å²) in [4.78, 5) is 17.6. The Bertz CT molecular complexity index is 753. The number of hydrogen-bond donors (Lipinski definition) is 1. The Morgan fingerprint density at radius 3 is 3.12 bits per heavy atom. The standard InChI is InChI=1S/C20H26N2OS/c1-3-15(23)12-24-11-13-7-17-16-5-4-6-18-20(16)14(9-21-18)8-19(17)22(2)10-13/h4-6,9,13,17,19,21H,3,7-8,10-12H2,1-2H3/t13-,17-,19-/m1/s1. The highest BCUT2D eigenvalue weighted by Gasteiger charge is 2.39. The fraction of sp³-hybridized carbons (Fsp3) is 0.550. The fourth-order valence-corrected chi connectivity index (χ4v) is 5.74. The molecule has 0 bridgehead atoms. The van der Waals surface area contributed by atoms with E-state index in [1.165, 1.54) is 28.5 Å². The fourth-order valence-electron chi connectivity index (χ4n) is 4.62. The molecule has 4 rings (SSSR count). The van der Waals surface area contributed by atoms with Crippen molar-refractivity contribution < 1.29 is 4.79 Å². The molecule has 0 amide bonds. The molecule has 0 spiro atoms. The van der Waals surface area contributed by atoms with Crippen molar-refractivity contribution in [1.29, 1.82) is 0 Å². The van der Waals surface area contributed by atoms with Crippen molar-refractivity contribution in [3.8, 4) is 0 Å². The maximum atomic E-state index is 11.5. The number of benzene rings is 1. The van der Waals surface area contributed by atoms with Gasteiger partial charge in [0.05, 0.1) is 5.75 Å². The predicted octanol–water partition coefficient (Wildman–Crippen LogP) is 3.84. The van der Waals surface area contributed by atoms with Crippen LogP contribution in [0.5, 0.6) is 0 Å². The zero-order valence-corrected chi connectivity index (χ0v) is 15.4. The Morgan fingerprint density at radius 1 is 1.42 bits per heavy atom. The van der Waals surface area contributed by atoms with Gasteiger partial charge in [0.25, 0.3) is 0 Å². The Labute approximate surface area is 148 Å². The van der Waals surface area contributed by atoms with Gasteiger partial charge in [-0.15, -0.1) is 0 Å². The number of nitrogens with one attached hydrogen (secondary N) is 1. The molecular weight excluding hydrogens is 316 g/mol. The summed E-state index contributed by atoms with van der Waals surface area (Å²) in [5.41, 5.74) is 4.30. The number of Topliss-reactive ketones (excluding diaryl/α,β-unsaturated/α-hetero) is 1. The van der Waals surface area contributed by atoms with Crippen LogP contribution in [0.2, 0.25) is 0 Å². The number of piperidine rings is 1. The first kappa shape index (κ1) is 16.2. The number of likely N-dealkylation sites (N-methyl/N-ethyl adjacent to an activating group) is 1. The number of ketones is 1. The SMILES string of the molecule is CCC(=O)CSC[C@@H]1C[C@@H]2c3cccc4[nH]cc(c34)C[C@H]2N(C)C1. The number of carbonyl (C=O) groups is 1. The number of aromatic amines is 1. The van der Waals surface area contributed by atoms with E-state index in [0.29, 0.717) is 35.8 Å². The first-order valence-corrected chi connectivity index (χ1v) is 10.2. The average Bonchev–Trinajstić information content (AvgIpc) is 3.00. The van der Waals surface area contributed by atoms with Gasteiger partial charge < -0.3 is 9.88 Å². The molecule has 1 aliphatic carbocycles. The van der Waals surface area contributed by atoms with E-state index in [2.05, 4.69) is 41.3 Å². The molecule has 1 N–H and O–H groups in total. The summed E-state index contributed by atoms with van der Waals surface area (Å²) in [6.07, 6.45) is 5.29. The summed E-state index contributed by atoms with van der Waals surface area (Å²) >= 11 is 1.83. The number of rotatable bonds is 5. The van der Waals surface area contributed by atoms with Gasteiger partial charge in [0.1, 0.15) is 5.78 Å². The molecule has 1 fully saturated rings. The van der Waals surface area contributed by atoms with Crippen LogP contribution in [-0.4, -0.2) is 46.8 Å². The van der Waals surface area contributed by atoms with Crippen molar-refractivity contribution in [2.45, 2.75) is 38.1 Å². The zero-order chi connectivity index (χ0) is 16.7. The van der Waals surface area contributed by atoms with Crippen molar-refractivity contribution in [2.75, 3.05) is 25.1 Å². The highest BCUT2D eigenvalue weighted by Crippen LogP contribution is 2.44. The van der Waals surface area contributed by atoms with Gasteiger partial charge in [-0.2, -0.15) is 11.8 Å².